The number of aryl methyl sites for hydroxylation is 1. The van der Waals surface area contributed by atoms with E-state index >= 15 is 0 Å². The number of hydrogen-bond acceptors (Lipinski definition) is 1. The standard InChI is InChI=1S/C16H19FS/c1-11-8-13(10-16(3,9-11)18-4)15-12(2)6-5-7-14(15)17/h5-8,10H,9H2,1-4H3. The molecule has 1 unspecified atom stereocenters. The quantitative estimate of drug-likeness (QED) is 0.723. The van der Waals surface area contributed by atoms with Crippen LogP contribution < -0.4 is 0 Å². The van der Waals surface area contributed by atoms with Gasteiger partial charge in [0.25, 0.3) is 0 Å². The van der Waals surface area contributed by atoms with Gasteiger partial charge in [0.05, 0.1) is 0 Å². The highest BCUT2D eigenvalue weighted by Crippen LogP contribution is 2.39. The van der Waals surface area contributed by atoms with Crippen molar-refractivity contribution in [1.29, 1.82) is 0 Å². The first kappa shape index (κ1) is 13.4. The Kier molecular flexibility index (Phi) is 3.67. The summed E-state index contributed by atoms with van der Waals surface area (Å²) in [5.74, 6) is -0.129. The lowest BCUT2D eigenvalue weighted by Gasteiger charge is -2.29. The minimum Gasteiger partial charge on any atom is -0.206 e. The van der Waals surface area contributed by atoms with E-state index in [9.17, 15) is 4.39 Å². The molecule has 0 amide bonds. The Morgan fingerprint density at radius 3 is 2.61 bits per heavy atom. The molecule has 1 aliphatic carbocycles. The Morgan fingerprint density at radius 1 is 1.28 bits per heavy atom. The maximum absolute atomic E-state index is 14.0. The van der Waals surface area contributed by atoms with Crippen molar-refractivity contribution in [2.75, 3.05) is 6.26 Å². The van der Waals surface area contributed by atoms with Crippen LogP contribution in [0.5, 0.6) is 0 Å². The molecule has 0 aliphatic heterocycles. The maximum Gasteiger partial charge on any atom is 0.131 e. The molecule has 0 N–H and O–H groups in total. The highest BCUT2D eigenvalue weighted by atomic mass is 32.2. The van der Waals surface area contributed by atoms with Gasteiger partial charge in [0, 0.05) is 10.3 Å². The molecule has 0 saturated carbocycles. The summed E-state index contributed by atoms with van der Waals surface area (Å²) in [4.78, 5) is 0. The largest absolute Gasteiger partial charge is 0.206 e. The summed E-state index contributed by atoms with van der Waals surface area (Å²) in [6.45, 7) is 6.30. The number of thioether (sulfide) groups is 1. The van der Waals surface area contributed by atoms with Crippen LogP contribution in [0.1, 0.15) is 31.4 Å². The molecule has 96 valence electrons. The minimum atomic E-state index is -0.129. The highest BCUT2D eigenvalue weighted by Gasteiger charge is 2.26. The number of rotatable bonds is 2. The molecule has 0 fully saturated rings. The lowest BCUT2D eigenvalue weighted by molar-refractivity contribution is 0.622. The first-order valence-corrected chi connectivity index (χ1v) is 7.38. The zero-order valence-electron chi connectivity index (χ0n) is 11.4. The second-order valence-corrected chi connectivity index (χ2v) is 6.56. The lowest BCUT2D eigenvalue weighted by atomic mass is 9.87. The molecule has 0 saturated heterocycles. The van der Waals surface area contributed by atoms with Crippen molar-refractivity contribution >= 4 is 17.3 Å². The van der Waals surface area contributed by atoms with E-state index in [1.54, 1.807) is 6.07 Å². The Hall–Kier alpha value is -1.02. The predicted octanol–water partition coefficient (Wildman–Crippen LogP) is 4.99. The summed E-state index contributed by atoms with van der Waals surface area (Å²) in [5, 5.41) is 0. The molecule has 1 aromatic carbocycles. The second-order valence-electron chi connectivity index (χ2n) is 5.22. The molecule has 2 heteroatoms. The zero-order chi connectivity index (χ0) is 13.3. The van der Waals surface area contributed by atoms with Gasteiger partial charge in [-0.1, -0.05) is 29.9 Å². The summed E-state index contributed by atoms with van der Waals surface area (Å²) < 4.78 is 14.1. The fraction of sp³-hybridized carbons (Fsp3) is 0.375. The van der Waals surface area contributed by atoms with Crippen LogP contribution >= 0.6 is 11.8 Å². The normalized spacial score (nSPS) is 23.6. The van der Waals surface area contributed by atoms with Gasteiger partial charge in [0.15, 0.2) is 0 Å². The molecule has 0 aromatic heterocycles. The molecule has 0 radical (unpaired) electrons. The molecule has 1 atom stereocenters. The van der Waals surface area contributed by atoms with Crippen LogP contribution in [0.2, 0.25) is 0 Å². The predicted molar refractivity (Wildman–Crippen MR) is 79.4 cm³/mol. The van der Waals surface area contributed by atoms with Gasteiger partial charge in [-0.05, 0) is 50.7 Å². The smallest absolute Gasteiger partial charge is 0.131 e. The number of hydrogen-bond donors (Lipinski definition) is 0. The molecule has 0 nitrogen and oxygen atoms in total. The van der Waals surface area contributed by atoms with Crippen LogP contribution in [0.25, 0.3) is 5.57 Å². The van der Waals surface area contributed by atoms with E-state index in [1.165, 1.54) is 11.6 Å². The van der Waals surface area contributed by atoms with Crippen molar-refractivity contribution in [2.45, 2.75) is 31.9 Å². The van der Waals surface area contributed by atoms with Gasteiger partial charge in [-0.25, -0.2) is 4.39 Å². The van der Waals surface area contributed by atoms with Gasteiger partial charge in [0.2, 0.25) is 0 Å². The first-order valence-electron chi connectivity index (χ1n) is 6.16. The molecule has 18 heavy (non-hydrogen) atoms. The van der Waals surface area contributed by atoms with Gasteiger partial charge >= 0.3 is 0 Å². The van der Waals surface area contributed by atoms with Gasteiger partial charge in [-0.3, -0.25) is 0 Å². The van der Waals surface area contributed by atoms with E-state index < -0.39 is 0 Å². The van der Waals surface area contributed by atoms with E-state index in [4.69, 9.17) is 0 Å². The Morgan fingerprint density at radius 2 is 2.00 bits per heavy atom. The summed E-state index contributed by atoms with van der Waals surface area (Å²) in [5.41, 5.74) is 4.07. The van der Waals surface area contributed by atoms with E-state index in [1.807, 2.05) is 24.8 Å². The van der Waals surface area contributed by atoms with Crippen LogP contribution in [-0.2, 0) is 0 Å². The molecule has 1 aromatic rings. The fourth-order valence-electron chi connectivity index (χ4n) is 2.56. The highest BCUT2D eigenvalue weighted by molar-refractivity contribution is 8.00. The van der Waals surface area contributed by atoms with E-state index in [-0.39, 0.29) is 10.6 Å². The molecule has 0 spiro atoms. The van der Waals surface area contributed by atoms with Crippen LogP contribution in [0.3, 0.4) is 0 Å². The summed E-state index contributed by atoms with van der Waals surface area (Å²) >= 11 is 1.82. The van der Waals surface area contributed by atoms with Crippen molar-refractivity contribution in [3.63, 3.8) is 0 Å². The summed E-state index contributed by atoms with van der Waals surface area (Å²) in [7, 11) is 0. The van der Waals surface area contributed by atoms with Gasteiger partial charge < -0.3 is 0 Å². The van der Waals surface area contributed by atoms with Gasteiger partial charge in [-0.15, -0.1) is 0 Å². The SMILES string of the molecule is CSC1(C)C=C(c2c(C)cccc2F)C=C(C)C1. The Balaban J connectivity index is 2.56. The summed E-state index contributed by atoms with van der Waals surface area (Å²) in [6, 6.07) is 5.27. The topological polar surface area (TPSA) is 0 Å². The monoisotopic (exact) mass is 262 g/mol. The fourth-order valence-corrected chi connectivity index (χ4v) is 3.18. The maximum atomic E-state index is 14.0. The van der Waals surface area contributed by atoms with Crippen LogP contribution in [-0.4, -0.2) is 11.0 Å². The third-order valence-corrected chi connectivity index (χ3v) is 4.66. The van der Waals surface area contributed by atoms with E-state index in [2.05, 4.69) is 32.3 Å². The van der Waals surface area contributed by atoms with Crippen molar-refractivity contribution in [1.82, 2.24) is 0 Å². The average Bonchev–Trinajstić information content (AvgIpc) is 2.27. The molecule has 0 heterocycles. The first-order chi connectivity index (χ1) is 8.45. The van der Waals surface area contributed by atoms with Crippen LogP contribution in [0, 0.1) is 12.7 Å². The minimum absolute atomic E-state index is 0.0723. The number of benzene rings is 1. The zero-order valence-corrected chi connectivity index (χ0v) is 12.2. The third kappa shape index (κ3) is 2.54. The number of halogens is 1. The molecular formula is C16H19FS. The van der Waals surface area contributed by atoms with Crippen molar-refractivity contribution in [2.24, 2.45) is 0 Å². The van der Waals surface area contributed by atoms with Gasteiger partial charge in [-0.2, -0.15) is 11.8 Å². The molecular weight excluding hydrogens is 243 g/mol. The van der Waals surface area contributed by atoms with Crippen LogP contribution in [0.15, 0.2) is 35.9 Å². The molecule has 2 rings (SSSR count). The second kappa shape index (κ2) is 4.93. The van der Waals surface area contributed by atoms with Gasteiger partial charge in [0.1, 0.15) is 5.82 Å². The van der Waals surface area contributed by atoms with Crippen molar-refractivity contribution in [3.8, 4) is 0 Å². The molecule has 0 bridgehead atoms. The Labute approximate surface area is 113 Å². The van der Waals surface area contributed by atoms with Crippen molar-refractivity contribution < 1.29 is 4.39 Å². The average molecular weight is 262 g/mol. The van der Waals surface area contributed by atoms with Crippen molar-refractivity contribution in [3.05, 3.63) is 52.9 Å². The van der Waals surface area contributed by atoms with Crippen LogP contribution in [0.4, 0.5) is 4.39 Å². The molecule has 1 aliphatic rings. The van der Waals surface area contributed by atoms with E-state index in [0.29, 0.717) is 0 Å². The third-order valence-electron chi connectivity index (χ3n) is 3.47. The number of allylic oxidation sites excluding steroid dienone is 3. The lowest BCUT2D eigenvalue weighted by Crippen LogP contribution is -2.20. The Bertz CT molecular complexity index is 508. The summed E-state index contributed by atoms with van der Waals surface area (Å²) in [6.07, 6.45) is 7.46. The van der Waals surface area contributed by atoms with E-state index in [0.717, 1.165) is 23.1 Å².